The second-order valence-electron chi connectivity index (χ2n) is 17.5. The van der Waals surface area contributed by atoms with Gasteiger partial charge < -0.3 is 52.2 Å². The number of pyridine rings is 1. The Labute approximate surface area is 390 Å². The molecule has 3 aromatic carbocycles. The summed E-state index contributed by atoms with van der Waals surface area (Å²) in [5.74, 6) is -1.88. The van der Waals surface area contributed by atoms with Gasteiger partial charge in [0.15, 0.2) is 0 Å². The number of aromatic nitrogens is 1. The second kappa shape index (κ2) is 23.4. The number of carbonyl (C=O) groups excluding carboxylic acids is 6. The molecule has 2 aliphatic rings. The van der Waals surface area contributed by atoms with Gasteiger partial charge in [-0.3, -0.25) is 24.2 Å². The molecule has 8 N–H and O–H groups in total. The maximum Gasteiger partial charge on any atom is 0.410 e. The number of rotatable bonds is 20. The molecule has 1 aromatic heterocycles. The maximum absolute atomic E-state index is 15.0. The van der Waals surface area contributed by atoms with Gasteiger partial charge in [-0.15, -0.1) is 0 Å². The van der Waals surface area contributed by atoms with Crippen LogP contribution in [0.1, 0.15) is 79.9 Å². The molecule has 18 heteroatoms. The minimum absolute atomic E-state index is 0.0205. The van der Waals surface area contributed by atoms with Crippen molar-refractivity contribution < 1.29 is 37.9 Å². The van der Waals surface area contributed by atoms with Gasteiger partial charge in [-0.2, -0.15) is 0 Å². The molecule has 4 atom stereocenters. The van der Waals surface area contributed by atoms with E-state index in [0.717, 1.165) is 17.7 Å². The van der Waals surface area contributed by atoms with Crippen LogP contribution in [0.5, 0.6) is 0 Å². The molecule has 7 amide bonds. The third-order valence-electron chi connectivity index (χ3n) is 11.7. The van der Waals surface area contributed by atoms with Crippen molar-refractivity contribution in [2.24, 2.45) is 17.6 Å². The lowest BCUT2D eigenvalue weighted by Crippen LogP contribution is -2.54. The fourth-order valence-electron chi connectivity index (χ4n) is 7.83. The van der Waals surface area contributed by atoms with E-state index in [1.54, 1.807) is 65.8 Å². The number of anilines is 3. The molecule has 0 radical (unpaired) electrons. The zero-order chi connectivity index (χ0) is 48.0. The van der Waals surface area contributed by atoms with E-state index in [4.69, 9.17) is 10.5 Å². The average molecular weight is 921 g/mol. The number of urea groups is 1. The van der Waals surface area contributed by atoms with Crippen LogP contribution in [-0.2, 0) is 32.3 Å². The zero-order valence-corrected chi connectivity index (χ0v) is 38.4. The normalized spacial score (nSPS) is 16.4. The van der Waals surface area contributed by atoms with Gasteiger partial charge in [-0.1, -0.05) is 52.0 Å². The molecule has 6 rings (SSSR count). The van der Waals surface area contributed by atoms with Gasteiger partial charge in [0.1, 0.15) is 18.5 Å². The number of hydrogen-bond acceptors (Lipinski definition) is 10. The number of amides is 7. The van der Waals surface area contributed by atoms with Gasteiger partial charge in [-0.25, -0.2) is 14.0 Å². The minimum Gasteiger partial charge on any atom is -0.445 e. The Morgan fingerprint density at radius 1 is 0.851 bits per heavy atom. The average Bonchev–Trinajstić information content (AvgIpc) is 4.13. The van der Waals surface area contributed by atoms with Gasteiger partial charge in [0.05, 0.1) is 6.04 Å². The van der Waals surface area contributed by atoms with Crippen LogP contribution in [0, 0.1) is 17.7 Å². The van der Waals surface area contributed by atoms with E-state index in [-0.39, 0.29) is 73.2 Å². The molecule has 356 valence electrons. The van der Waals surface area contributed by atoms with Gasteiger partial charge >= 0.3 is 12.1 Å². The number of primary amides is 1. The van der Waals surface area contributed by atoms with Crippen LogP contribution in [0.3, 0.4) is 0 Å². The molecule has 67 heavy (non-hydrogen) atoms. The van der Waals surface area contributed by atoms with Crippen LogP contribution in [-0.4, -0.2) is 96.5 Å². The van der Waals surface area contributed by atoms with Crippen molar-refractivity contribution in [1.82, 2.24) is 31.2 Å². The highest BCUT2D eigenvalue weighted by Crippen LogP contribution is 2.47. The molecule has 2 heterocycles. The number of ether oxygens (including phenoxy) is 1. The molecule has 1 aliphatic carbocycles. The quantitative estimate of drug-likeness (QED) is 0.0570. The highest BCUT2D eigenvalue weighted by molar-refractivity contribution is 5.98. The highest BCUT2D eigenvalue weighted by Gasteiger charge is 2.44. The number of nitrogens with zero attached hydrogens (tertiary/aromatic N) is 3. The van der Waals surface area contributed by atoms with Crippen LogP contribution in [0.15, 0.2) is 91.3 Å². The number of nitrogens with two attached hydrogens (primary N) is 1. The lowest BCUT2D eigenvalue weighted by Gasteiger charge is -2.35. The molecule has 0 unspecified atom stereocenters. The van der Waals surface area contributed by atoms with Crippen molar-refractivity contribution in [1.29, 1.82) is 0 Å². The smallest absolute Gasteiger partial charge is 0.410 e. The van der Waals surface area contributed by atoms with Crippen molar-refractivity contribution in [3.8, 4) is 0 Å². The maximum atomic E-state index is 15.0. The Kier molecular flexibility index (Phi) is 17.2. The lowest BCUT2D eigenvalue weighted by molar-refractivity contribution is -0.129. The molecule has 1 saturated heterocycles. The van der Waals surface area contributed by atoms with Crippen molar-refractivity contribution >= 4 is 52.8 Å². The Morgan fingerprint density at radius 2 is 1.57 bits per heavy atom. The number of halogens is 1. The topological polar surface area (TPSA) is 229 Å². The summed E-state index contributed by atoms with van der Waals surface area (Å²) in [5, 5.41) is 17.0. The molecule has 17 nitrogen and oxygen atoms in total. The first kappa shape index (κ1) is 49.4. The Bertz CT molecular complexity index is 2340. The number of carbonyl (C=O) groups is 6. The van der Waals surface area contributed by atoms with Crippen LogP contribution in [0.2, 0.25) is 0 Å². The summed E-state index contributed by atoms with van der Waals surface area (Å²) in [6.07, 6.45) is 4.38. The summed E-state index contributed by atoms with van der Waals surface area (Å²) in [7, 11) is 0. The number of benzene rings is 3. The van der Waals surface area contributed by atoms with E-state index in [1.165, 1.54) is 6.07 Å². The summed E-state index contributed by atoms with van der Waals surface area (Å²) in [6, 6.07) is 20.1. The van der Waals surface area contributed by atoms with Crippen molar-refractivity contribution in [2.75, 3.05) is 48.3 Å². The Hall–Kier alpha value is -7.08. The van der Waals surface area contributed by atoms with Crippen LogP contribution in [0.25, 0.3) is 0 Å². The fraction of sp³-hybridized carbons (Fsp3) is 0.408. The molecular formula is C49H61FN10O7. The predicted molar refractivity (Wildman–Crippen MR) is 252 cm³/mol. The summed E-state index contributed by atoms with van der Waals surface area (Å²) in [4.78, 5) is 84.3. The van der Waals surface area contributed by atoms with E-state index in [1.807, 2.05) is 52.0 Å². The van der Waals surface area contributed by atoms with Crippen molar-refractivity contribution in [3.05, 3.63) is 119 Å². The summed E-state index contributed by atoms with van der Waals surface area (Å²) in [5.41, 5.74) is 9.32. The minimum atomic E-state index is -0.872. The molecular weight excluding hydrogens is 860 g/mol. The number of nitrogens with one attached hydrogen (secondary N) is 6. The van der Waals surface area contributed by atoms with Gasteiger partial charge in [0.2, 0.25) is 17.7 Å². The molecule has 1 saturated carbocycles. The molecule has 1 aliphatic heterocycles. The highest BCUT2D eigenvalue weighted by atomic mass is 19.1. The Morgan fingerprint density at radius 3 is 2.21 bits per heavy atom. The standard InChI is InChI=1S/C49H61FN10O7/c1-30(2)43(55-31(3)4)47(64)58-42(8-6-20-53-48(51)65)46(63)56-36-14-9-32(10-15-36)29-67-49(66)60-23-21-59(22-24-60)38-17-12-33(13-18-38)44(61)54-28-35-11-16-37(25-41(35)50)57-45(62)40-26-39(40)34-7-5-19-52-27-34/h5,7,9-19,25,27,30-31,39-40,42-43,55H,6,8,20-24,26,28-29H2,1-4H3,(H,54,61)(H,56,63)(H,57,62)(H,58,64)(H3,51,53,65)/t39-,40+,42+,43+/m1/s1. The molecule has 2 fully saturated rings. The molecule has 0 bridgehead atoms. The van der Waals surface area contributed by atoms with E-state index in [9.17, 15) is 33.2 Å². The first-order chi connectivity index (χ1) is 32.1. The monoisotopic (exact) mass is 920 g/mol. The SMILES string of the molecule is CC(C)N[C@H](C(=O)N[C@@H](CCCNC(N)=O)C(=O)Nc1ccc(COC(=O)N2CCN(c3ccc(C(=O)NCc4ccc(NC(=O)[C@H]5C[C@@H]5c5cccnc5)cc4F)cc3)CC2)cc1)C(C)C. The summed E-state index contributed by atoms with van der Waals surface area (Å²) < 4.78 is 20.6. The van der Waals surface area contributed by atoms with E-state index >= 15 is 0 Å². The third-order valence-corrected chi connectivity index (χ3v) is 11.7. The molecule has 0 spiro atoms. The van der Waals surface area contributed by atoms with E-state index < -0.39 is 35.9 Å². The van der Waals surface area contributed by atoms with E-state index in [2.05, 4.69) is 41.8 Å². The zero-order valence-electron chi connectivity index (χ0n) is 38.4. The van der Waals surface area contributed by atoms with Crippen LogP contribution in [0.4, 0.5) is 31.0 Å². The van der Waals surface area contributed by atoms with Gasteiger partial charge in [-0.05, 0) is 96.8 Å². The largest absolute Gasteiger partial charge is 0.445 e. The third kappa shape index (κ3) is 14.5. The lowest BCUT2D eigenvalue weighted by atomic mass is 10.0. The first-order valence-corrected chi connectivity index (χ1v) is 22.7. The number of hydrogen-bond donors (Lipinski definition) is 7. The Balaban J connectivity index is 0.907. The first-order valence-electron chi connectivity index (χ1n) is 22.7. The predicted octanol–water partition coefficient (Wildman–Crippen LogP) is 5.25. The number of piperazine rings is 1. The summed E-state index contributed by atoms with van der Waals surface area (Å²) >= 11 is 0. The van der Waals surface area contributed by atoms with Crippen molar-refractivity contribution in [2.45, 2.75) is 84.2 Å². The van der Waals surface area contributed by atoms with Gasteiger partial charge in [0.25, 0.3) is 5.91 Å². The van der Waals surface area contributed by atoms with E-state index in [0.29, 0.717) is 55.1 Å². The van der Waals surface area contributed by atoms with Crippen LogP contribution < -0.4 is 42.5 Å². The summed E-state index contributed by atoms with van der Waals surface area (Å²) in [6.45, 7) is 9.91. The fourth-order valence-corrected chi connectivity index (χ4v) is 7.83. The van der Waals surface area contributed by atoms with Crippen LogP contribution >= 0.6 is 0 Å². The second-order valence-corrected chi connectivity index (χ2v) is 17.5. The van der Waals surface area contributed by atoms with Gasteiger partial charge in [0, 0.05) is 91.8 Å². The van der Waals surface area contributed by atoms with Crippen molar-refractivity contribution in [3.63, 3.8) is 0 Å². The molecule has 4 aromatic rings.